The number of rotatable bonds is 8. The lowest BCUT2D eigenvalue weighted by molar-refractivity contribution is -0.121. The van der Waals surface area contributed by atoms with Gasteiger partial charge >= 0.3 is 0 Å². The van der Waals surface area contributed by atoms with Crippen LogP contribution in [0, 0.1) is 0 Å². The predicted molar refractivity (Wildman–Crippen MR) is 116 cm³/mol. The van der Waals surface area contributed by atoms with Crippen LogP contribution < -0.4 is 10.0 Å². The Morgan fingerprint density at radius 1 is 1.10 bits per heavy atom. The average Bonchev–Trinajstić information content (AvgIpc) is 3.01. The number of fused-ring (bicyclic) bond motifs is 1. The van der Waals surface area contributed by atoms with Gasteiger partial charge < -0.3 is 9.88 Å². The lowest BCUT2D eigenvalue weighted by atomic mass is 10.1. The van der Waals surface area contributed by atoms with Crippen molar-refractivity contribution in [3.63, 3.8) is 0 Å². The first-order chi connectivity index (χ1) is 13.7. The minimum atomic E-state index is -3.44. The van der Waals surface area contributed by atoms with Crippen molar-refractivity contribution in [1.29, 1.82) is 0 Å². The molecule has 0 atom stereocenters. The van der Waals surface area contributed by atoms with E-state index in [4.69, 9.17) is 11.6 Å². The zero-order valence-electron chi connectivity index (χ0n) is 16.4. The summed E-state index contributed by atoms with van der Waals surface area (Å²) in [5.74, 6) is -0.293. The maximum Gasteiger partial charge on any atom is 0.240 e. The fraction of sp³-hybridized carbons (Fsp3) is 0.286. The van der Waals surface area contributed by atoms with Gasteiger partial charge in [-0.25, -0.2) is 13.1 Å². The quantitative estimate of drug-likeness (QED) is 0.571. The van der Waals surface area contributed by atoms with E-state index in [1.54, 1.807) is 26.0 Å². The van der Waals surface area contributed by atoms with Crippen molar-refractivity contribution in [2.24, 2.45) is 0 Å². The number of nitrogens with one attached hydrogen (secondary N) is 2. The number of sulfonamides is 1. The highest BCUT2D eigenvalue weighted by Crippen LogP contribution is 2.20. The molecule has 3 rings (SSSR count). The first-order valence-electron chi connectivity index (χ1n) is 9.31. The lowest BCUT2D eigenvalue weighted by Gasteiger charge is -2.13. The van der Waals surface area contributed by atoms with Crippen LogP contribution in [0.3, 0.4) is 0 Å². The molecule has 0 bridgehead atoms. The van der Waals surface area contributed by atoms with E-state index in [0.717, 1.165) is 16.5 Å². The number of carbonyl (C=O) groups excluding carboxylic acids is 1. The van der Waals surface area contributed by atoms with E-state index < -0.39 is 10.0 Å². The van der Waals surface area contributed by atoms with Crippen molar-refractivity contribution in [3.05, 3.63) is 70.9 Å². The number of nitrogens with zero attached hydrogens (tertiary/aromatic N) is 1. The van der Waals surface area contributed by atoms with Crippen molar-refractivity contribution >= 4 is 38.4 Å². The molecule has 0 spiro atoms. The molecule has 6 nitrogen and oxygen atoms in total. The Morgan fingerprint density at radius 3 is 2.55 bits per heavy atom. The molecule has 0 fully saturated rings. The second-order valence-electron chi connectivity index (χ2n) is 7.22. The summed E-state index contributed by atoms with van der Waals surface area (Å²) in [6.07, 6.45) is 1.85. The van der Waals surface area contributed by atoms with Crippen LogP contribution in [-0.4, -0.2) is 24.9 Å². The fourth-order valence-electron chi connectivity index (χ4n) is 3.18. The van der Waals surface area contributed by atoms with Crippen LogP contribution in [0.4, 0.5) is 0 Å². The number of amides is 1. The van der Waals surface area contributed by atoms with Gasteiger partial charge in [0.05, 0.1) is 5.75 Å². The number of halogens is 1. The predicted octanol–water partition coefficient (Wildman–Crippen LogP) is 3.44. The Hall–Kier alpha value is -2.35. The molecule has 0 saturated heterocycles. The van der Waals surface area contributed by atoms with Gasteiger partial charge in [-0.2, -0.15) is 0 Å². The second-order valence-corrected chi connectivity index (χ2v) is 9.41. The lowest BCUT2D eigenvalue weighted by Crippen LogP contribution is -2.32. The summed E-state index contributed by atoms with van der Waals surface area (Å²) in [6, 6.07) is 14.5. The fourth-order valence-corrected chi connectivity index (χ4v) is 4.83. The summed E-state index contributed by atoms with van der Waals surface area (Å²) in [7, 11) is -3.44. The molecule has 0 aliphatic rings. The molecular weight excluding hydrogens is 410 g/mol. The van der Waals surface area contributed by atoms with Crippen molar-refractivity contribution < 1.29 is 13.2 Å². The van der Waals surface area contributed by atoms with Crippen molar-refractivity contribution in [2.75, 3.05) is 0 Å². The Balaban J connectivity index is 1.67. The van der Waals surface area contributed by atoms with Gasteiger partial charge in [0, 0.05) is 29.3 Å². The summed E-state index contributed by atoms with van der Waals surface area (Å²) >= 11 is 6.06. The average molecular weight is 434 g/mol. The van der Waals surface area contributed by atoms with Crippen molar-refractivity contribution in [1.82, 2.24) is 14.6 Å². The van der Waals surface area contributed by atoms with Gasteiger partial charge in [0.25, 0.3) is 0 Å². The van der Waals surface area contributed by atoms with E-state index >= 15 is 0 Å². The summed E-state index contributed by atoms with van der Waals surface area (Å²) < 4.78 is 28.9. The summed E-state index contributed by atoms with van der Waals surface area (Å²) in [5, 5.41) is 4.50. The maximum absolute atomic E-state index is 12.5. The number of carbonyl (C=O) groups is 1. The van der Waals surface area contributed by atoms with E-state index in [2.05, 4.69) is 10.0 Å². The van der Waals surface area contributed by atoms with Crippen molar-refractivity contribution in [3.8, 4) is 0 Å². The zero-order valence-corrected chi connectivity index (χ0v) is 17.9. The number of hydrogen-bond acceptors (Lipinski definition) is 3. The van der Waals surface area contributed by atoms with Crippen LogP contribution in [0.15, 0.2) is 54.7 Å². The smallest absolute Gasteiger partial charge is 0.240 e. The van der Waals surface area contributed by atoms with E-state index in [1.807, 2.05) is 47.2 Å². The highest BCUT2D eigenvalue weighted by atomic mass is 35.5. The Kier molecular flexibility index (Phi) is 6.62. The molecule has 1 aromatic heterocycles. The van der Waals surface area contributed by atoms with E-state index in [-0.39, 0.29) is 30.8 Å². The molecule has 0 unspecified atom stereocenters. The highest BCUT2D eigenvalue weighted by Gasteiger charge is 2.16. The second kappa shape index (κ2) is 8.98. The molecular formula is C21H24ClN3O3S. The molecule has 3 aromatic rings. The minimum Gasteiger partial charge on any atom is -0.350 e. The van der Waals surface area contributed by atoms with Crippen molar-refractivity contribution in [2.45, 2.75) is 38.7 Å². The number of hydrogen-bond donors (Lipinski definition) is 2. The van der Waals surface area contributed by atoms with Gasteiger partial charge in [-0.05, 0) is 48.6 Å². The Bertz CT molecular complexity index is 1120. The standard InChI is InChI=1S/C21H24ClN3O3S/c1-15(2)24-29(27,28)14-18-6-4-3-5-17(18)12-23-21(26)13-25-10-9-16-7-8-19(22)11-20(16)25/h3-11,15,24H,12-14H2,1-2H3,(H,23,26). The van der Waals surface area contributed by atoms with Gasteiger partial charge in [0.1, 0.15) is 6.54 Å². The Labute approximate surface area is 175 Å². The monoisotopic (exact) mass is 433 g/mol. The summed E-state index contributed by atoms with van der Waals surface area (Å²) in [4.78, 5) is 12.5. The third-order valence-electron chi connectivity index (χ3n) is 4.41. The van der Waals surface area contributed by atoms with E-state index in [9.17, 15) is 13.2 Å². The molecule has 0 aliphatic carbocycles. The summed E-state index contributed by atoms with van der Waals surface area (Å²) in [6.45, 7) is 3.97. The van der Waals surface area contributed by atoms with Gasteiger partial charge in [0.2, 0.25) is 15.9 Å². The molecule has 0 radical (unpaired) electrons. The van der Waals surface area contributed by atoms with E-state index in [0.29, 0.717) is 10.6 Å². The largest absolute Gasteiger partial charge is 0.350 e. The number of aromatic nitrogens is 1. The molecule has 2 aromatic carbocycles. The van der Waals surface area contributed by atoms with Crippen LogP contribution in [0.1, 0.15) is 25.0 Å². The van der Waals surface area contributed by atoms with Gasteiger partial charge in [-0.1, -0.05) is 41.9 Å². The molecule has 1 amide bonds. The van der Waals surface area contributed by atoms with E-state index in [1.165, 1.54) is 0 Å². The maximum atomic E-state index is 12.5. The molecule has 0 saturated carbocycles. The number of benzene rings is 2. The molecule has 0 aliphatic heterocycles. The van der Waals surface area contributed by atoms with Crippen LogP contribution in [0.2, 0.25) is 5.02 Å². The van der Waals surface area contributed by atoms with Crippen LogP contribution in [0.5, 0.6) is 0 Å². The first-order valence-corrected chi connectivity index (χ1v) is 11.3. The third-order valence-corrected chi connectivity index (χ3v) is 6.16. The molecule has 2 N–H and O–H groups in total. The topological polar surface area (TPSA) is 80.2 Å². The normalized spacial score (nSPS) is 11.9. The Morgan fingerprint density at radius 2 is 1.83 bits per heavy atom. The SMILES string of the molecule is CC(C)NS(=O)(=O)Cc1ccccc1CNC(=O)Cn1ccc2ccc(Cl)cc21. The summed E-state index contributed by atoms with van der Waals surface area (Å²) in [5.41, 5.74) is 2.33. The van der Waals surface area contributed by atoms with Gasteiger partial charge in [0.15, 0.2) is 0 Å². The van der Waals surface area contributed by atoms with Crippen LogP contribution in [0.25, 0.3) is 10.9 Å². The molecule has 1 heterocycles. The molecule has 29 heavy (non-hydrogen) atoms. The molecule has 8 heteroatoms. The minimum absolute atomic E-state index is 0.127. The van der Waals surface area contributed by atoms with Gasteiger partial charge in [-0.15, -0.1) is 0 Å². The van der Waals surface area contributed by atoms with Crippen LogP contribution in [-0.2, 0) is 33.7 Å². The molecule has 154 valence electrons. The zero-order chi connectivity index (χ0) is 21.0. The third kappa shape index (κ3) is 5.82. The highest BCUT2D eigenvalue weighted by molar-refractivity contribution is 7.88. The van der Waals surface area contributed by atoms with Crippen LogP contribution >= 0.6 is 11.6 Å². The van der Waals surface area contributed by atoms with Gasteiger partial charge in [-0.3, -0.25) is 4.79 Å². The first kappa shape index (κ1) is 21.4.